The zero-order chi connectivity index (χ0) is 13.1. The maximum absolute atomic E-state index is 10.2. The Labute approximate surface area is 117 Å². The Morgan fingerprint density at radius 3 is 2.56 bits per heavy atom. The second kappa shape index (κ2) is 5.75. The largest absolute Gasteiger partial charge is 0.388 e. The highest BCUT2D eigenvalue weighted by molar-refractivity contribution is 6.42. The molecule has 0 saturated heterocycles. The van der Waals surface area contributed by atoms with Gasteiger partial charge in [0, 0.05) is 6.42 Å². The van der Waals surface area contributed by atoms with E-state index in [9.17, 15) is 5.11 Å². The summed E-state index contributed by atoms with van der Waals surface area (Å²) < 4.78 is 0. The van der Waals surface area contributed by atoms with Crippen LogP contribution in [-0.2, 0) is 6.42 Å². The van der Waals surface area contributed by atoms with Crippen molar-refractivity contribution >= 4 is 23.2 Å². The normalized spacial score (nSPS) is 12.4. The van der Waals surface area contributed by atoms with Gasteiger partial charge in [0.15, 0.2) is 0 Å². The lowest BCUT2D eigenvalue weighted by atomic mass is 10.00. The molecule has 1 unspecified atom stereocenters. The molecule has 94 valence electrons. The van der Waals surface area contributed by atoms with Crippen LogP contribution >= 0.6 is 23.2 Å². The predicted octanol–water partition coefficient (Wildman–Crippen LogP) is 4.58. The Bertz CT molecular complexity index is 552. The standard InChI is InChI=1S/C15H14Cl2O/c1-10-4-2-5-11(8-10)14(18)9-12-6-3-7-13(16)15(12)17/h2-8,14,18H,9H2,1H3. The molecule has 0 amide bonds. The Hall–Kier alpha value is -1.02. The van der Waals surface area contributed by atoms with Gasteiger partial charge >= 0.3 is 0 Å². The maximum atomic E-state index is 10.2. The number of rotatable bonds is 3. The molecule has 1 nitrogen and oxygen atoms in total. The second-order valence-corrected chi connectivity index (χ2v) is 5.13. The van der Waals surface area contributed by atoms with E-state index in [0.717, 1.165) is 16.7 Å². The molecule has 0 aromatic heterocycles. The number of hydrogen-bond acceptors (Lipinski definition) is 1. The number of hydrogen-bond donors (Lipinski definition) is 1. The van der Waals surface area contributed by atoms with Crippen LogP contribution in [0.25, 0.3) is 0 Å². The first-order valence-electron chi connectivity index (χ1n) is 5.75. The highest BCUT2D eigenvalue weighted by Crippen LogP contribution is 2.29. The van der Waals surface area contributed by atoms with E-state index in [-0.39, 0.29) is 0 Å². The second-order valence-electron chi connectivity index (χ2n) is 4.35. The van der Waals surface area contributed by atoms with E-state index < -0.39 is 6.10 Å². The van der Waals surface area contributed by atoms with Gasteiger partial charge in [-0.15, -0.1) is 0 Å². The van der Waals surface area contributed by atoms with Gasteiger partial charge in [-0.1, -0.05) is 65.2 Å². The fraction of sp³-hybridized carbons (Fsp3) is 0.200. The monoisotopic (exact) mass is 280 g/mol. The molecule has 0 fully saturated rings. The topological polar surface area (TPSA) is 20.2 Å². The van der Waals surface area contributed by atoms with Crippen molar-refractivity contribution in [3.8, 4) is 0 Å². The van der Waals surface area contributed by atoms with Crippen LogP contribution in [-0.4, -0.2) is 5.11 Å². The smallest absolute Gasteiger partial charge is 0.0831 e. The van der Waals surface area contributed by atoms with Gasteiger partial charge in [0.25, 0.3) is 0 Å². The highest BCUT2D eigenvalue weighted by Gasteiger charge is 2.12. The van der Waals surface area contributed by atoms with E-state index in [1.54, 1.807) is 6.07 Å². The summed E-state index contributed by atoms with van der Waals surface area (Å²) in [5, 5.41) is 11.3. The number of aryl methyl sites for hydroxylation is 1. The molecule has 18 heavy (non-hydrogen) atoms. The molecular weight excluding hydrogens is 267 g/mol. The molecule has 0 saturated carbocycles. The lowest BCUT2D eigenvalue weighted by Crippen LogP contribution is -2.02. The van der Waals surface area contributed by atoms with Crippen molar-refractivity contribution in [3.05, 3.63) is 69.2 Å². The molecule has 0 bridgehead atoms. The summed E-state index contributed by atoms with van der Waals surface area (Å²) in [6.45, 7) is 2.00. The average molecular weight is 281 g/mol. The number of aliphatic hydroxyl groups excluding tert-OH is 1. The summed E-state index contributed by atoms with van der Waals surface area (Å²) in [7, 11) is 0. The first kappa shape index (κ1) is 13.4. The summed E-state index contributed by atoms with van der Waals surface area (Å²) in [4.78, 5) is 0. The van der Waals surface area contributed by atoms with Gasteiger partial charge in [0.2, 0.25) is 0 Å². The number of halogens is 2. The van der Waals surface area contributed by atoms with Crippen LogP contribution in [0.15, 0.2) is 42.5 Å². The minimum atomic E-state index is -0.569. The van der Waals surface area contributed by atoms with Gasteiger partial charge in [-0.05, 0) is 24.1 Å². The molecule has 0 aliphatic rings. The molecule has 2 aromatic rings. The van der Waals surface area contributed by atoms with Crippen LogP contribution in [0.2, 0.25) is 10.0 Å². The first-order valence-corrected chi connectivity index (χ1v) is 6.51. The van der Waals surface area contributed by atoms with Crippen molar-refractivity contribution in [2.75, 3.05) is 0 Å². The average Bonchev–Trinajstić information content (AvgIpc) is 2.35. The lowest BCUT2D eigenvalue weighted by Gasteiger charge is -2.13. The fourth-order valence-corrected chi connectivity index (χ4v) is 2.31. The summed E-state index contributed by atoms with van der Waals surface area (Å²) in [5.74, 6) is 0. The summed E-state index contributed by atoms with van der Waals surface area (Å²) in [6, 6.07) is 13.3. The van der Waals surface area contributed by atoms with E-state index in [0.29, 0.717) is 16.5 Å². The molecule has 1 atom stereocenters. The van der Waals surface area contributed by atoms with Crippen LogP contribution in [0.5, 0.6) is 0 Å². The van der Waals surface area contributed by atoms with Gasteiger partial charge < -0.3 is 5.11 Å². The highest BCUT2D eigenvalue weighted by atomic mass is 35.5. The van der Waals surface area contributed by atoms with E-state index in [2.05, 4.69) is 0 Å². The van der Waals surface area contributed by atoms with Crippen LogP contribution in [0.1, 0.15) is 22.8 Å². The van der Waals surface area contributed by atoms with Crippen LogP contribution in [0, 0.1) is 6.92 Å². The van der Waals surface area contributed by atoms with E-state index >= 15 is 0 Å². The van der Waals surface area contributed by atoms with Crippen molar-refractivity contribution < 1.29 is 5.11 Å². The van der Waals surface area contributed by atoms with Crippen LogP contribution in [0.3, 0.4) is 0 Å². The molecule has 0 aliphatic heterocycles. The molecule has 0 aliphatic carbocycles. The zero-order valence-corrected chi connectivity index (χ0v) is 11.5. The summed E-state index contributed by atoms with van der Waals surface area (Å²) >= 11 is 12.1. The quantitative estimate of drug-likeness (QED) is 0.873. The molecule has 3 heteroatoms. The lowest BCUT2D eigenvalue weighted by molar-refractivity contribution is 0.178. The third kappa shape index (κ3) is 3.05. The van der Waals surface area contributed by atoms with Crippen molar-refractivity contribution in [1.82, 2.24) is 0 Å². The van der Waals surface area contributed by atoms with E-state index in [1.165, 1.54) is 0 Å². The summed E-state index contributed by atoms with van der Waals surface area (Å²) in [5.41, 5.74) is 2.88. The van der Waals surface area contributed by atoms with Gasteiger partial charge in [0.05, 0.1) is 16.1 Å². The predicted molar refractivity (Wildman–Crippen MR) is 76.3 cm³/mol. The third-order valence-electron chi connectivity index (χ3n) is 2.87. The van der Waals surface area contributed by atoms with Gasteiger partial charge in [-0.2, -0.15) is 0 Å². The molecule has 2 aromatic carbocycles. The van der Waals surface area contributed by atoms with Gasteiger partial charge in [0.1, 0.15) is 0 Å². The Kier molecular flexibility index (Phi) is 4.28. The van der Waals surface area contributed by atoms with Crippen molar-refractivity contribution in [2.45, 2.75) is 19.4 Å². The minimum Gasteiger partial charge on any atom is -0.388 e. The maximum Gasteiger partial charge on any atom is 0.0831 e. The Balaban J connectivity index is 2.21. The van der Waals surface area contributed by atoms with Crippen molar-refractivity contribution in [2.24, 2.45) is 0 Å². The number of aliphatic hydroxyl groups is 1. The molecule has 2 rings (SSSR count). The molecule has 0 spiro atoms. The van der Waals surface area contributed by atoms with Gasteiger partial charge in [-0.25, -0.2) is 0 Å². The SMILES string of the molecule is Cc1cccc(C(O)Cc2cccc(Cl)c2Cl)c1. The molecule has 0 radical (unpaired) electrons. The van der Waals surface area contributed by atoms with Crippen LogP contribution in [0.4, 0.5) is 0 Å². The Morgan fingerprint density at radius 2 is 1.83 bits per heavy atom. The molecular formula is C15H14Cl2O. The minimum absolute atomic E-state index is 0.461. The van der Waals surface area contributed by atoms with Crippen LogP contribution < -0.4 is 0 Å². The summed E-state index contributed by atoms with van der Waals surface area (Å²) in [6.07, 6.45) is -0.107. The first-order chi connectivity index (χ1) is 8.58. The van der Waals surface area contributed by atoms with E-state index in [4.69, 9.17) is 23.2 Å². The zero-order valence-electron chi connectivity index (χ0n) is 10.0. The molecule has 1 N–H and O–H groups in total. The third-order valence-corrected chi connectivity index (χ3v) is 3.73. The van der Waals surface area contributed by atoms with Crippen molar-refractivity contribution in [3.63, 3.8) is 0 Å². The van der Waals surface area contributed by atoms with Crippen molar-refractivity contribution in [1.29, 1.82) is 0 Å². The van der Waals surface area contributed by atoms with Gasteiger partial charge in [-0.3, -0.25) is 0 Å². The fourth-order valence-electron chi connectivity index (χ4n) is 1.91. The molecule has 0 heterocycles. The van der Waals surface area contributed by atoms with E-state index in [1.807, 2.05) is 43.3 Å². The number of benzene rings is 2. The Morgan fingerprint density at radius 1 is 1.11 bits per heavy atom.